The molecule has 0 unspecified atom stereocenters. The number of hydrogen-bond donors (Lipinski definition) is 5. The van der Waals surface area contributed by atoms with Gasteiger partial charge in [-0.3, -0.25) is 4.55 Å². The minimum atomic E-state index is -4.48. The summed E-state index contributed by atoms with van der Waals surface area (Å²) in [4.78, 5) is 5.27. The molecular weight excluding hydrogens is 841 g/mol. The summed E-state index contributed by atoms with van der Waals surface area (Å²) in [7, 11) is -1.53. The Morgan fingerprint density at radius 2 is 1.22 bits per heavy atom. The summed E-state index contributed by atoms with van der Waals surface area (Å²) in [5, 5.41) is 57.1. The van der Waals surface area contributed by atoms with Crippen molar-refractivity contribution < 1.29 is 37.5 Å². The zero-order valence-corrected chi connectivity index (χ0v) is 35.5. The molecule has 0 atom stereocenters. The highest BCUT2D eigenvalue weighted by Gasteiger charge is 2.16. The standard InChI is InChI=1S/C45H40N10O8S/c1-26-19-31(13-18-35(26)48-49-36-7-5-6-8-44(36)64(58,59)60)47-51-38-23-42(61-3)40(20-27(38)2)53-52-39-24-43(62-4)41(22-29(39)25-56)54-50-37-17-9-28-21-32(12-16-34(28)45(37)57)55-63-33-14-10-30(46)11-15-33/h5-24,55-57H,25,46H2,1-4H3,(H,58,59,60). The molecule has 0 fully saturated rings. The van der Waals surface area contributed by atoms with Crippen molar-refractivity contribution in [3.05, 3.63) is 138 Å². The molecule has 0 aliphatic heterocycles. The van der Waals surface area contributed by atoms with Gasteiger partial charge in [-0.2, -0.15) is 23.8 Å². The lowest BCUT2D eigenvalue weighted by molar-refractivity contribution is 0.282. The molecule has 0 aliphatic rings. The number of aliphatic hydroxyl groups is 1. The van der Waals surface area contributed by atoms with Crippen LogP contribution < -0.4 is 25.5 Å². The van der Waals surface area contributed by atoms with E-state index in [9.17, 15) is 23.2 Å². The number of fused-ring (bicyclic) bond motifs is 1. The van der Waals surface area contributed by atoms with Crippen LogP contribution in [0.2, 0.25) is 0 Å². The number of anilines is 2. The van der Waals surface area contributed by atoms with E-state index in [1.807, 2.05) is 13.0 Å². The molecule has 0 spiro atoms. The number of rotatable bonds is 15. The molecular formula is C45H40N10O8S. The predicted octanol–water partition coefficient (Wildman–Crippen LogP) is 12.6. The van der Waals surface area contributed by atoms with E-state index in [2.05, 4.69) is 46.4 Å². The molecule has 6 N–H and O–H groups in total. The van der Waals surface area contributed by atoms with Crippen molar-refractivity contribution in [2.24, 2.45) is 40.9 Å². The number of aliphatic hydroxyl groups excluding tert-OH is 1. The molecule has 0 aromatic heterocycles. The first kappa shape index (κ1) is 43.9. The van der Waals surface area contributed by atoms with Crippen molar-refractivity contribution in [2.45, 2.75) is 25.3 Å². The fraction of sp³-hybridized carbons (Fsp3) is 0.111. The molecule has 0 saturated heterocycles. The largest absolute Gasteiger partial charge is 0.505 e. The van der Waals surface area contributed by atoms with Gasteiger partial charge in [0.25, 0.3) is 10.1 Å². The molecule has 0 heterocycles. The number of benzene rings is 7. The van der Waals surface area contributed by atoms with Gasteiger partial charge in [0, 0.05) is 28.8 Å². The van der Waals surface area contributed by atoms with Crippen molar-refractivity contribution >= 4 is 77.8 Å². The van der Waals surface area contributed by atoms with Gasteiger partial charge in [0.2, 0.25) is 0 Å². The van der Waals surface area contributed by atoms with Crippen LogP contribution in [0.4, 0.5) is 56.9 Å². The third-order valence-corrected chi connectivity index (χ3v) is 10.5. The summed E-state index contributed by atoms with van der Waals surface area (Å²) in [5.41, 5.74) is 14.4. The number of nitrogens with two attached hydrogens (primary N) is 1. The second-order valence-corrected chi connectivity index (χ2v) is 15.4. The number of nitrogen functional groups attached to an aromatic ring is 1. The van der Waals surface area contributed by atoms with Gasteiger partial charge in [0.1, 0.15) is 39.1 Å². The van der Waals surface area contributed by atoms with E-state index < -0.39 is 16.7 Å². The number of methoxy groups -OCH3 is 2. The minimum absolute atomic E-state index is 0.00109. The first-order valence-corrected chi connectivity index (χ1v) is 20.7. The maximum Gasteiger partial charge on any atom is 0.296 e. The Kier molecular flexibility index (Phi) is 13.2. The molecule has 7 aromatic rings. The number of phenols is 1. The first-order valence-electron chi connectivity index (χ1n) is 19.2. The first-order chi connectivity index (χ1) is 30.8. The van der Waals surface area contributed by atoms with Crippen LogP contribution in [0.15, 0.2) is 167 Å². The Balaban J connectivity index is 1.05. The molecule has 0 radical (unpaired) electrons. The van der Waals surface area contributed by atoms with Crippen molar-refractivity contribution in [1.29, 1.82) is 0 Å². The van der Waals surface area contributed by atoms with Gasteiger partial charge >= 0.3 is 0 Å². The Morgan fingerprint density at radius 3 is 1.92 bits per heavy atom. The highest BCUT2D eigenvalue weighted by Crippen LogP contribution is 2.42. The van der Waals surface area contributed by atoms with Gasteiger partial charge < -0.3 is 30.3 Å². The van der Waals surface area contributed by atoms with Crippen LogP contribution in [-0.4, -0.2) is 37.4 Å². The van der Waals surface area contributed by atoms with Crippen LogP contribution in [0.1, 0.15) is 16.7 Å². The number of nitrogens with zero attached hydrogens (tertiary/aromatic N) is 8. The average Bonchev–Trinajstić information content (AvgIpc) is 3.29. The summed E-state index contributed by atoms with van der Waals surface area (Å²) in [6, 6.07) is 33.0. The van der Waals surface area contributed by atoms with E-state index in [1.54, 1.807) is 104 Å². The van der Waals surface area contributed by atoms with Crippen molar-refractivity contribution in [3.8, 4) is 23.0 Å². The summed E-state index contributed by atoms with van der Waals surface area (Å²) in [5.74, 6) is 1.15. The molecule has 324 valence electrons. The van der Waals surface area contributed by atoms with E-state index in [1.165, 1.54) is 32.4 Å². The monoisotopic (exact) mass is 880 g/mol. The Morgan fingerprint density at radius 1 is 0.609 bits per heavy atom. The van der Waals surface area contributed by atoms with E-state index >= 15 is 0 Å². The van der Waals surface area contributed by atoms with Gasteiger partial charge in [-0.15, -0.1) is 25.6 Å². The molecule has 0 bridgehead atoms. The van der Waals surface area contributed by atoms with Gasteiger partial charge in [-0.25, -0.2) is 5.48 Å². The van der Waals surface area contributed by atoms with Crippen LogP contribution in [0.5, 0.6) is 23.0 Å². The molecule has 0 amide bonds. The molecule has 0 saturated carbocycles. The number of aryl methyl sites for hydroxylation is 2. The van der Waals surface area contributed by atoms with Crippen molar-refractivity contribution in [1.82, 2.24) is 0 Å². The minimum Gasteiger partial charge on any atom is -0.505 e. The molecule has 64 heavy (non-hydrogen) atoms. The molecule has 18 nitrogen and oxygen atoms in total. The van der Waals surface area contributed by atoms with Crippen LogP contribution in [-0.2, 0) is 16.7 Å². The van der Waals surface area contributed by atoms with Crippen LogP contribution in [0.3, 0.4) is 0 Å². The number of hydrogen-bond acceptors (Lipinski definition) is 17. The average molecular weight is 881 g/mol. The fourth-order valence-electron chi connectivity index (χ4n) is 6.18. The lowest BCUT2D eigenvalue weighted by Gasteiger charge is -2.11. The SMILES string of the molecule is COc1cc(N=Nc2ccc(N=Nc3ccccc3S(=O)(=O)O)c(C)c2)c(C)cc1N=Nc1cc(OC)c(N=Nc2ccc3cc(NOc4ccc(N)cc4)ccc3c2O)cc1CO. The van der Waals surface area contributed by atoms with E-state index in [0.29, 0.717) is 79.1 Å². The van der Waals surface area contributed by atoms with Gasteiger partial charge in [0.15, 0.2) is 11.5 Å². The van der Waals surface area contributed by atoms with E-state index in [0.717, 1.165) is 5.39 Å². The smallest absolute Gasteiger partial charge is 0.296 e. The second-order valence-electron chi connectivity index (χ2n) is 14.0. The summed E-state index contributed by atoms with van der Waals surface area (Å²) in [6.45, 7) is 3.22. The molecule has 7 rings (SSSR count). The number of aromatic hydroxyl groups is 1. The Hall–Kier alpha value is -8.13. The van der Waals surface area contributed by atoms with Crippen LogP contribution in [0, 0.1) is 13.8 Å². The highest BCUT2D eigenvalue weighted by atomic mass is 32.2. The van der Waals surface area contributed by atoms with Crippen molar-refractivity contribution in [2.75, 3.05) is 25.4 Å². The number of azo groups is 4. The third-order valence-electron chi connectivity index (χ3n) is 9.58. The molecule has 0 aliphatic carbocycles. The molecule has 7 aromatic carbocycles. The van der Waals surface area contributed by atoms with Crippen LogP contribution in [0.25, 0.3) is 10.8 Å². The van der Waals surface area contributed by atoms with Crippen molar-refractivity contribution in [3.63, 3.8) is 0 Å². The highest BCUT2D eigenvalue weighted by molar-refractivity contribution is 7.86. The number of nitrogens with one attached hydrogen (secondary N) is 1. The number of phenolic OH excluding ortho intramolecular Hbond substituents is 1. The van der Waals surface area contributed by atoms with Crippen LogP contribution >= 0.6 is 0 Å². The quantitative estimate of drug-likeness (QED) is 0.0281. The third kappa shape index (κ3) is 10.3. The predicted molar refractivity (Wildman–Crippen MR) is 242 cm³/mol. The topological polar surface area (TPSA) is 259 Å². The fourth-order valence-corrected chi connectivity index (χ4v) is 6.80. The lowest BCUT2D eigenvalue weighted by atomic mass is 10.1. The zero-order valence-electron chi connectivity index (χ0n) is 34.7. The Bertz CT molecular complexity index is 3100. The van der Waals surface area contributed by atoms with Gasteiger partial charge in [0.05, 0.1) is 49.3 Å². The normalized spacial score (nSPS) is 12.0. The zero-order chi connectivity index (χ0) is 45.4. The van der Waals surface area contributed by atoms with E-state index in [4.69, 9.17) is 20.0 Å². The van der Waals surface area contributed by atoms with Gasteiger partial charge in [-0.05, 0) is 121 Å². The Labute approximate surface area is 366 Å². The summed E-state index contributed by atoms with van der Waals surface area (Å²) in [6.07, 6.45) is 0. The van der Waals surface area contributed by atoms with Gasteiger partial charge in [-0.1, -0.05) is 18.2 Å². The summed E-state index contributed by atoms with van der Waals surface area (Å²) >= 11 is 0. The summed E-state index contributed by atoms with van der Waals surface area (Å²) < 4.78 is 44.1. The maximum atomic E-state index is 11.7. The van der Waals surface area contributed by atoms with E-state index in [-0.39, 0.29) is 27.7 Å². The lowest BCUT2D eigenvalue weighted by Crippen LogP contribution is -2.04. The number of ether oxygens (including phenoxy) is 2. The maximum absolute atomic E-state index is 11.7. The molecule has 19 heteroatoms. The second kappa shape index (κ2) is 19.3.